The van der Waals surface area contributed by atoms with Crippen LogP contribution in [0.15, 0.2) is 71.6 Å². The Hall–Kier alpha value is -3.56. The van der Waals surface area contributed by atoms with E-state index in [2.05, 4.69) is 0 Å². The zero-order valence-electron chi connectivity index (χ0n) is 15.4. The Bertz CT molecular complexity index is 1170. The Morgan fingerprint density at radius 1 is 1.00 bits per heavy atom. The Kier molecular flexibility index (Phi) is 5.32. The molecule has 1 aliphatic rings. The summed E-state index contributed by atoms with van der Waals surface area (Å²) in [7, 11) is 0. The van der Waals surface area contributed by atoms with Crippen molar-refractivity contribution in [2.24, 2.45) is 0 Å². The lowest BCUT2D eigenvalue weighted by Crippen LogP contribution is -2.27. The number of nitriles is 1. The van der Waals surface area contributed by atoms with Crippen LogP contribution in [0.25, 0.3) is 16.8 Å². The number of carbonyl (C=O) groups excluding carboxylic acids is 2. The maximum Gasteiger partial charge on any atom is 0.293 e. The second-order valence-electron chi connectivity index (χ2n) is 6.39. The van der Waals surface area contributed by atoms with Crippen molar-refractivity contribution in [2.75, 3.05) is 6.61 Å². The van der Waals surface area contributed by atoms with Crippen molar-refractivity contribution in [3.05, 3.63) is 82.8 Å². The molecule has 0 N–H and O–H groups in total. The van der Waals surface area contributed by atoms with Crippen molar-refractivity contribution in [3.63, 3.8) is 0 Å². The van der Waals surface area contributed by atoms with Gasteiger partial charge in [-0.1, -0.05) is 60.7 Å². The molecule has 0 radical (unpaired) electrons. The monoisotopic (exact) mass is 400 g/mol. The van der Waals surface area contributed by atoms with E-state index < -0.39 is 0 Å². The summed E-state index contributed by atoms with van der Waals surface area (Å²) >= 11 is 0.912. The van der Waals surface area contributed by atoms with Crippen molar-refractivity contribution in [1.82, 2.24) is 4.90 Å². The molecule has 5 nitrogen and oxygen atoms in total. The van der Waals surface area contributed by atoms with E-state index in [1.807, 2.05) is 54.6 Å². The Morgan fingerprint density at radius 3 is 2.62 bits per heavy atom. The average Bonchev–Trinajstić information content (AvgIpc) is 3.01. The average molecular weight is 400 g/mol. The van der Waals surface area contributed by atoms with Gasteiger partial charge in [-0.25, -0.2) is 0 Å². The molecule has 142 valence electrons. The number of para-hydroxylation sites is 1. The second-order valence-corrected chi connectivity index (χ2v) is 7.38. The smallest absolute Gasteiger partial charge is 0.293 e. The van der Waals surface area contributed by atoms with E-state index in [0.29, 0.717) is 16.2 Å². The van der Waals surface area contributed by atoms with Gasteiger partial charge < -0.3 is 4.74 Å². The third-order valence-electron chi connectivity index (χ3n) is 4.58. The molecule has 2 amide bonds. The number of benzene rings is 3. The minimum absolute atomic E-state index is 0.0899. The quantitative estimate of drug-likeness (QED) is 0.565. The van der Waals surface area contributed by atoms with Crippen molar-refractivity contribution in [2.45, 2.75) is 6.54 Å². The molecule has 0 spiro atoms. The van der Waals surface area contributed by atoms with Crippen molar-refractivity contribution >= 4 is 39.8 Å². The number of thioether (sulfide) groups is 1. The zero-order chi connectivity index (χ0) is 20.2. The first kappa shape index (κ1) is 18.8. The summed E-state index contributed by atoms with van der Waals surface area (Å²) in [6.45, 7) is 0.128. The topological polar surface area (TPSA) is 70.4 Å². The number of hydrogen-bond acceptors (Lipinski definition) is 5. The van der Waals surface area contributed by atoms with Crippen LogP contribution < -0.4 is 4.74 Å². The summed E-state index contributed by atoms with van der Waals surface area (Å²) in [5.41, 5.74) is 1.57. The zero-order valence-corrected chi connectivity index (χ0v) is 16.2. The van der Waals surface area contributed by atoms with Gasteiger partial charge in [-0.15, -0.1) is 0 Å². The number of imide groups is 1. The standard InChI is InChI=1S/C23H16N2O3S/c24-12-13-28-20-11-4-2-7-17(20)14-21-22(26)25(23(27)29-21)15-18-9-5-8-16-6-1-3-10-19(16)18/h1-11,14H,13,15H2/b21-14-. The van der Waals surface area contributed by atoms with E-state index in [9.17, 15) is 9.59 Å². The van der Waals surface area contributed by atoms with Crippen LogP contribution in [0.4, 0.5) is 4.79 Å². The lowest BCUT2D eigenvalue weighted by Gasteiger charge is -2.14. The van der Waals surface area contributed by atoms with E-state index in [-0.39, 0.29) is 24.3 Å². The highest BCUT2D eigenvalue weighted by Crippen LogP contribution is 2.35. The molecule has 1 aliphatic heterocycles. The largest absolute Gasteiger partial charge is 0.478 e. The minimum atomic E-state index is -0.331. The van der Waals surface area contributed by atoms with Gasteiger partial charge >= 0.3 is 0 Å². The van der Waals surface area contributed by atoms with Gasteiger partial charge in [0.15, 0.2) is 6.61 Å². The summed E-state index contributed by atoms with van der Waals surface area (Å²) in [6, 6.07) is 22.8. The molecule has 4 rings (SSSR count). The molecule has 3 aromatic carbocycles. The van der Waals surface area contributed by atoms with Gasteiger partial charge in [-0.2, -0.15) is 5.26 Å². The molecule has 0 atom stereocenters. The van der Waals surface area contributed by atoms with Crippen molar-refractivity contribution in [1.29, 1.82) is 5.26 Å². The van der Waals surface area contributed by atoms with Gasteiger partial charge in [0, 0.05) is 5.56 Å². The summed E-state index contributed by atoms with van der Waals surface area (Å²) in [5.74, 6) is 0.165. The van der Waals surface area contributed by atoms with E-state index in [1.165, 1.54) is 4.90 Å². The first-order valence-corrected chi connectivity index (χ1v) is 9.80. The van der Waals surface area contributed by atoms with Crippen molar-refractivity contribution in [3.8, 4) is 11.8 Å². The molecule has 0 saturated carbocycles. The Labute approximate surface area is 172 Å². The SMILES string of the molecule is N#CCOc1ccccc1/C=C1\SC(=O)N(Cc2cccc3ccccc23)C1=O. The molecule has 3 aromatic rings. The third-order valence-corrected chi connectivity index (χ3v) is 5.49. The predicted octanol–water partition coefficient (Wildman–Crippen LogP) is 4.98. The molecular formula is C23H16N2O3S. The predicted molar refractivity (Wildman–Crippen MR) is 113 cm³/mol. The van der Waals surface area contributed by atoms with Gasteiger partial charge in [-0.3, -0.25) is 14.5 Å². The third kappa shape index (κ3) is 3.86. The molecular weight excluding hydrogens is 384 g/mol. The number of amides is 2. The highest BCUT2D eigenvalue weighted by Gasteiger charge is 2.35. The Balaban J connectivity index is 1.61. The van der Waals surface area contributed by atoms with Crippen LogP contribution in [0.5, 0.6) is 5.75 Å². The van der Waals surface area contributed by atoms with E-state index in [1.54, 1.807) is 24.3 Å². The highest BCUT2D eigenvalue weighted by atomic mass is 32.2. The van der Waals surface area contributed by atoms with Crippen LogP contribution >= 0.6 is 11.8 Å². The number of rotatable bonds is 5. The van der Waals surface area contributed by atoms with Gasteiger partial charge in [0.25, 0.3) is 11.1 Å². The molecule has 0 bridgehead atoms. The molecule has 6 heteroatoms. The minimum Gasteiger partial charge on any atom is -0.478 e. The number of hydrogen-bond donors (Lipinski definition) is 0. The summed E-state index contributed by atoms with van der Waals surface area (Å²) in [5, 5.41) is 10.5. The van der Waals surface area contributed by atoms with Crippen molar-refractivity contribution < 1.29 is 14.3 Å². The van der Waals surface area contributed by atoms with Crippen LogP contribution in [0.2, 0.25) is 0 Å². The normalized spacial score (nSPS) is 15.1. The molecule has 1 fully saturated rings. The molecule has 1 heterocycles. The molecule has 0 aromatic heterocycles. The lowest BCUT2D eigenvalue weighted by molar-refractivity contribution is -0.123. The number of nitrogens with zero attached hydrogens (tertiary/aromatic N) is 2. The summed E-state index contributed by atoms with van der Waals surface area (Å²) in [4.78, 5) is 27.0. The fourth-order valence-electron chi connectivity index (χ4n) is 3.22. The van der Waals surface area contributed by atoms with E-state index >= 15 is 0 Å². The fourth-order valence-corrected chi connectivity index (χ4v) is 4.05. The highest BCUT2D eigenvalue weighted by molar-refractivity contribution is 8.18. The van der Waals surface area contributed by atoms with Crippen LogP contribution in [0.1, 0.15) is 11.1 Å². The van der Waals surface area contributed by atoms with Crippen LogP contribution in [0, 0.1) is 11.3 Å². The van der Waals surface area contributed by atoms with Crippen LogP contribution in [0.3, 0.4) is 0 Å². The second kappa shape index (κ2) is 8.21. The van der Waals surface area contributed by atoms with E-state index in [0.717, 1.165) is 28.1 Å². The van der Waals surface area contributed by atoms with Gasteiger partial charge in [0.2, 0.25) is 0 Å². The van der Waals surface area contributed by atoms with Gasteiger partial charge in [0.1, 0.15) is 11.8 Å². The van der Waals surface area contributed by atoms with Gasteiger partial charge in [-0.05, 0) is 40.2 Å². The van der Waals surface area contributed by atoms with E-state index in [4.69, 9.17) is 10.00 Å². The van der Waals surface area contributed by atoms with Gasteiger partial charge in [0.05, 0.1) is 11.4 Å². The molecule has 0 unspecified atom stereocenters. The maximum absolute atomic E-state index is 12.9. The molecule has 0 aliphatic carbocycles. The fraction of sp³-hybridized carbons (Fsp3) is 0.0870. The molecule has 29 heavy (non-hydrogen) atoms. The molecule has 1 saturated heterocycles. The van der Waals surface area contributed by atoms with Crippen LogP contribution in [-0.2, 0) is 11.3 Å². The summed E-state index contributed by atoms with van der Waals surface area (Å²) in [6.07, 6.45) is 1.64. The first-order valence-electron chi connectivity index (χ1n) is 8.98. The lowest BCUT2D eigenvalue weighted by atomic mass is 10.0. The first-order chi connectivity index (χ1) is 14.2. The number of fused-ring (bicyclic) bond motifs is 1. The maximum atomic E-state index is 12.9. The van der Waals surface area contributed by atoms with Crippen LogP contribution in [-0.4, -0.2) is 22.7 Å². The number of ether oxygens (including phenoxy) is 1. The number of carbonyl (C=O) groups is 2. The summed E-state index contributed by atoms with van der Waals surface area (Å²) < 4.78 is 5.40. The Morgan fingerprint density at radius 2 is 1.76 bits per heavy atom.